The van der Waals surface area contributed by atoms with Crippen molar-refractivity contribution in [2.75, 3.05) is 18.4 Å². The lowest BCUT2D eigenvalue weighted by molar-refractivity contribution is 0.507. The van der Waals surface area contributed by atoms with Gasteiger partial charge in [0.25, 0.3) is 0 Å². The predicted molar refractivity (Wildman–Crippen MR) is 65.1 cm³/mol. The summed E-state index contributed by atoms with van der Waals surface area (Å²) < 4.78 is 0. The van der Waals surface area contributed by atoms with Gasteiger partial charge in [-0.05, 0) is 37.8 Å². The first-order chi connectivity index (χ1) is 7.36. The topological polar surface area (TPSA) is 24.1 Å². The van der Waals surface area contributed by atoms with Crippen LogP contribution in [0, 0.1) is 5.92 Å². The van der Waals surface area contributed by atoms with Crippen LogP contribution in [0.25, 0.3) is 0 Å². The maximum atomic E-state index is 3.55. The molecule has 1 unspecified atom stereocenters. The summed E-state index contributed by atoms with van der Waals surface area (Å²) in [5, 5.41) is 6.95. The summed E-state index contributed by atoms with van der Waals surface area (Å²) in [7, 11) is 0. The molecule has 15 heavy (non-hydrogen) atoms. The molecule has 0 bridgehead atoms. The zero-order chi connectivity index (χ0) is 10.5. The molecule has 0 saturated heterocycles. The molecule has 1 aliphatic carbocycles. The summed E-state index contributed by atoms with van der Waals surface area (Å²) in [5.41, 5.74) is 1.21. The number of hydrogen-bond acceptors (Lipinski definition) is 2. The lowest BCUT2D eigenvalue weighted by Crippen LogP contribution is -2.32. The molecule has 0 aromatic heterocycles. The fourth-order valence-corrected chi connectivity index (χ4v) is 1.83. The van der Waals surface area contributed by atoms with Crippen molar-refractivity contribution >= 4 is 5.69 Å². The first-order valence-corrected chi connectivity index (χ1v) is 5.88. The van der Waals surface area contributed by atoms with Crippen molar-refractivity contribution in [2.45, 2.75) is 25.8 Å². The minimum Gasteiger partial charge on any atom is -0.384 e. The van der Waals surface area contributed by atoms with Crippen LogP contribution in [0.15, 0.2) is 30.3 Å². The Morgan fingerprint density at radius 2 is 1.93 bits per heavy atom. The minimum atomic E-state index is 0.697. The number of rotatable bonds is 6. The Morgan fingerprint density at radius 3 is 2.60 bits per heavy atom. The molecule has 0 spiro atoms. The normalized spacial score (nSPS) is 17.4. The fraction of sp³-hybridized carbons (Fsp3) is 0.538. The van der Waals surface area contributed by atoms with Gasteiger partial charge in [0, 0.05) is 24.8 Å². The van der Waals surface area contributed by atoms with E-state index in [1.54, 1.807) is 0 Å². The molecule has 1 aromatic rings. The van der Waals surface area contributed by atoms with Gasteiger partial charge in [-0.15, -0.1) is 0 Å². The van der Waals surface area contributed by atoms with Gasteiger partial charge in [-0.3, -0.25) is 0 Å². The molecule has 2 N–H and O–H groups in total. The van der Waals surface area contributed by atoms with E-state index in [1.807, 2.05) is 6.07 Å². The van der Waals surface area contributed by atoms with Gasteiger partial charge in [0.15, 0.2) is 0 Å². The van der Waals surface area contributed by atoms with Crippen LogP contribution in [-0.4, -0.2) is 19.1 Å². The number of anilines is 1. The van der Waals surface area contributed by atoms with E-state index in [9.17, 15) is 0 Å². The maximum Gasteiger partial charge on any atom is 0.0340 e. The van der Waals surface area contributed by atoms with E-state index in [0.717, 1.165) is 19.0 Å². The van der Waals surface area contributed by atoms with Crippen LogP contribution in [0.2, 0.25) is 0 Å². The average Bonchev–Trinajstić information content (AvgIpc) is 3.09. The molecule has 2 nitrogen and oxygen atoms in total. The summed E-state index contributed by atoms with van der Waals surface area (Å²) in [4.78, 5) is 0. The summed E-state index contributed by atoms with van der Waals surface area (Å²) >= 11 is 0. The Kier molecular flexibility index (Phi) is 3.62. The molecule has 1 atom stereocenters. The summed E-state index contributed by atoms with van der Waals surface area (Å²) in [5.74, 6) is 0.946. The third-order valence-electron chi connectivity index (χ3n) is 3.02. The monoisotopic (exact) mass is 204 g/mol. The first-order valence-electron chi connectivity index (χ1n) is 5.88. The molecular weight excluding hydrogens is 184 g/mol. The van der Waals surface area contributed by atoms with Gasteiger partial charge in [0.2, 0.25) is 0 Å². The molecule has 0 heterocycles. The van der Waals surface area contributed by atoms with Crippen molar-refractivity contribution in [1.82, 2.24) is 5.32 Å². The lowest BCUT2D eigenvalue weighted by Gasteiger charge is -2.13. The van der Waals surface area contributed by atoms with E-state index in [2.05, 4.69) is 41.8 Å². The third-order valence-corrected chi connectivity index (χ3v) is 3.02. The van der Waals surface area contributed by atoms with E-state index < -0.39 is 0 Å². The molecule has 0 radical (unpaired) electrons. The van der Waals surface area contributed by atoms with Gasteiger partial charge in [-0.25, -0.2) is 0 Å². The second-order valence-electron chi connectivity index (χ2n) is 4.37. The zero-order valence-corrected chi connectivity index (χ0v) is 9.37. The van der Waals surface area contributed by atoms with Gasteiger partial charge in [-0.2, -0.15) is 0 Å². The van der Waals surface area contributed by atoms with Gasteiger partial charge >= 0.3 is 0 Å². The minimum absolute atomic E-state index is 0.697. The summed E-state index contributed by atoms with van der Waals surface area (Å²) in [6.45, 7) is 4.34. The van der Waals surface area contributed by atoms with Gasteiger partial charge < -0.3 is 10.6 Å². The maximum absolute atomic E-state index is 3.55. The van der Waals surface area contributed by atoms with E-state index in [-0.39, 0.29) is 0 Å². The molecule has 1 aromatic carbocycles. The highest BCUT2D eigenvalue weighted by Crippen LogP contribution is 2.32. The molecular formula is C13H20N2. The molecule has 2 rings (SSSR count). The van der Waals surface area contributed by atoms with Crippen molar-refractivity contribution < 1.29 is 0 Å². The van der Waals surface area contributed by atoms with Crippen molar-refractivity contribution in [3.8, 4) is 0 Å². The van der Waals surface area contributed by atoms with Crippen LogP contribution in [0.5, 0.6) is 0 Å². The molecule has 2 heteroatoms. The number of para-hydroxylation sites is 1. The molecule has 1 aliphatic rings. The van der Waals surface area contributed by atoms with E-state index >= 15 is 0 Å². The Labute approximate surface area is 92.1 Å². The van der Waals surface area contributed by atoms with Gasteiger partial charge in [0.05, 0.1) is 0 Å². The van der Waals surface area contributed by atoms with E-state index in [4.69, 9.17) is 0 Å². The van der Waals surface area contributed by atoms with Crippen LogP contribution in [0.3, 0.4) is 0 Å². The highest BCUT2D eigenvalue weighted by molar-refractivity contribution is 5.42. The quantitative estimate of drug-likeness (QED) is 0.696. The Hall–Kier alpha value is -1.02. The SMILES string of the molecule is CC(NCCNc1ccccc1)C1CC1. The molecule has 0 aliphatic heterocycles. The van der Waals surface area contributed by atoms with Crippen LogP contribution in [-0.2, 0) is 0 Å². The lowest BCUT2D eigenvalue weighted by atomic mass is 10.2. The highest BCUT2D eigenvalue weighted by Gasteiger charge is 2.26. The fourth-order valence-electron chi connectivity index (χ4n) is 1.83. The molecule has 0 amide bonds. The third kappa shape index (κ3) is 3.56. The summed E-state index contributed by atoms with van der Waals surface area (Å²) in [6.07, 6.45) is 2.83. The molecule has 1 fully saturated rings. The van der Waals surface area contributed by atoms with Crippen LogP contribution in [0.1, 0.15) is 19.8 Å². The predicted octanol–water partition coefficient (Wildman–Crippen LogP) is 2.49. The van der Waals surface area contributed by atoms with Crippen LogP contribution in [0.4, 0.5) is 5.69 Å². The number of benzene rings is 1. The molecule has 1 saturated carbocycles. The number of nitrogens with one attached hydrogen (secondary N) is 2. The standard InChI is InChI=1S/C13H20N2/c1-11(12-7-8-12)14-9-10-15-13-5-3-2-4-6-13/h2-6,11-12,14-15H,7-10H2,1H3. The van der Waals surface area contributed by atoms with Crippen LogP contribution >= 0.6 is 0 Å². The smallest absolute Gasteiger partial charge is 0.0340 e. The first kappa shape index (κ1) is 10.5. The van der Waals surface area contributed by atoms with Crippen molar-refractivity contribution in [2.24, 2.45) is 5.92 Å². The van der Waals surface area contributed by atoms with Crippen molar-refractivity contribution in [3.05, 3.63) is 30.3 Å². The van der Waals surface area contributed by atoms with Gasteiger partial charge in [-0.1, -0.05) is 18.2 Å². The Morgan fingerprint density at radius 1 is 1.20 bits per heavy atom. The van der Waals surface area contributed by atoms with Crippen molar-refractivity contribution in [3.63, 3.8) is 0 Å². The highest BCUT2D eigenvalue weighted by atomic mass is 15.0. The zero-order valence-electron chi connectivity index (χ0n) is 9.37. The summed E-state index contributed by atoms with van der Waals surface area (Å²) in [6, 6.07) is 11.1. The second-order valence-corrected chi connectivity index (χ2v) is 4.37. The second kappa shape index (κ2) is 5.17. The van der Waals surface area contributed by atoms with Crippen LogP contribution < -0.4 is 10.6 Å². The Balaban J connectivity index is 1.58. The largest absolute Gasteiger partial charge is 0.384 e. The number of hydrogen-bond donors (Lipinski definition) is 2. The van der Waals surface area contributed by atoms with E-state index in [1.165, 1.54) is 18.5 Å². The average molecular weight is 204 g/mol. The van der Waals surface area contributed by atoms with Gasteiger partial charge in [0.1, 0.15) is 0 Å². The Bertz CT molecular complexity index is 280. The van der Waals surface area contributed by atoms with Crippen molar-refractivity contribution in [1.29, 1.82) is 0 Å². The van der Waals surface area contributed by atoms with E-state index in [0.29, 0.717) is 6.04 Å². The molecule has 82 valence electrons.